The van der Waals surface area contributed by atoms with Crippen LogP contribution in [-0.4, -0.2) is 25.7 Å². The third-order valence-corrected chi connectivity index (χ3v) is 3.34. The van der Waals surface area contributed by atoms with Crippen LogP contribution >= 0.6 is 0 Å². The minimum Gasteiger partial charge on any atom is -0.366 e. The lowest BCUT2D eigenvalue weighted by Gasteiger charge is -1.98. The number of H-pyrrole nitrogens is 1. The fourth-order valence-corrected chi connectivity index (χ4v) is 2.20. The molecule has 0 fully saturated rings. The molecule has 0 saturated carbocycles. The maximum absolute atomic E-state index is 11.4. The average Bonchev–Trinajstić information content (AvgIpc) is 2.53. The summed E-state index contributed by atoms with van der Waals surface area (Å²) in [5.41, 5.74) is 5.22. The van der Waals surface area contributed by atoms with Crippen molar-refractivity contribution >= 4 is 9.84 Å². The largest absolute Gasteiger partial charge is 0.366 e. The Kier molecular flexibility index (Phi) is 2.88. The second kappa shape index (κ2) is 3.73. The summed E-state index contributed by atoms with van der Waals surface area (Å²) in [5, 5.41) is 0. The first-order valence-electron chi connectivity index (χ1n) is 3.72. The van der Waals surface area contributed by atoms with E-state index in [4.69, 9.17) is 5.73 Å². The van der Waals surface area contributed by atoms with E-state index in [9.17, 15) is 8.42 Å². The van der Waals surface area contributed by atoms with Gasteiger partial charge in [0.1, 0.15) is 0 Å². The van der Waals surface area contributed by atoms with E-state index in [1.807, 2.05) is 0 Å². The van der Waals surface area contributed by atoms with Gasteiger partial charge in [0.25, 0.3) is 0 Å². The highest BCUT2D eigenvalue weighted by molar-refractivity contribution is 7.91. The summed E-state index contributed by atoms with van der Waals surface area (Å²) in [6.07, 6.45) is 3.58. The van der Waals surface area contributed by atoms with Gasteiger partial charge in [-0.2, -0.15) is 0 Å². The molecule has 5 heteroatoms. The van der Waals surface area contributed by atoms with Crippen LogP contribution in [0.1, 0.15) is 6.42 Å². The van der Waals surface area contributed by atoms with Crippen molar-refractivity contribution in [2.24, 2.45) is 5.73 Å². The molecule has 68 valence electrons. The van der Waals surface area contributed by atoms with Crippen LogP contribution in [0.3, 0.4) is 0 Å². The van der Waals surface area contributed by atoms with Gasteiger partial charge in [0, 0.05) is 12.4 Å². The molecule has 0 spiro atoms. The number of sulfone groups is 1. The van der Waals surface area contributed by atoms with E-state index >= 15 is 0 Å². The first kappa shape index (κ1) is 9.28. The summed E-state index contributed by atoms with van der Waals surface area (Å²) in [4.78, 5) is 3.05. The zero-order valence-electron chi connectivity index (χ0n) is 6.66. The zero-order valence-corrected chi connectivity index (χ0v) is 7.47. The smallest absolute Gasteiger partial charge is 0.179 e. The summed E-state index contributed by atoms with van der Waals surface area (Å²) >= 11 is 0. The number of hydrogen-bond acceptors (Lipinski definition) is 3. The van der Waals surface area contributed by atoms with Crippen LogP contribution in [0.15, 0.2) is 23.4 Å². The number of hydrogen-bond donors (Lipinski definition) is 2. The molecule has 0 bridgehead atoms. The molecule has 1 aromatic rings. The summed E-state index contributed by atoms with van der Waals surface area (Å²) in [7, 11) is -3.09. The SMILES string of the molecule is NCCCS(=O)(=O)c1cc[nH]c1. The van der Waals surface area contributed by atoms with Crippen LogP contribution in [0.25, 0.3) is 0 Å². The Labute approximate surface area is 71.7 Å². The van der Waals surface area contributed by atoms with E-state index in [0.29, 0.717) is 17.9 Å². The van der Waals surface area contributed by atoms with Gasteiger partial charge in [-0.3, -0.25) is 0 Å². The van der Waals surface area contributed by atoms with Crippen molar-refractivity contribution in [3.05, 3.63) is 18.5 Å². The molecule has 1 heterocycles. The number of nitrogens with one attached hydrogen (secondary N) is 1. The van der Waals surface area contributed by atoms with Crippen molar-refractivity contribution in [3.8, 4) is 0 Å². The predicted octanol–water partition coefficient (Wildman–Crippen LogP) is 0.137. The highest BCUT2D eigenvalue weighted by atomic mass is 32.2. The van der Waals surface area contributed by atoms with Gasteiger partial charge in [0.2, 0.25) is 0 Å². The minimum atomic E-state index is -3.09. The highest BCUT2D eigenvalue weighted by Crippen LogP contribution is 2.09. The molecule has 0 aliphatic rings. The van der Waals surface area contributed by atoms with Crippen molar-refractivity contribution in [2.45, 2.75) is 11.3 Å². The zero-order chi connectivity index (χ0) is 9.03. The van der Waals surface area contributed by atoms with Gasteiger partial charge in [-0.05, 0) is 19.0 Å². The fraction of sp³-hybridized carbons (Fsp3) is 0.429. The quantitative estimate of drug-likeness (QED) is 0.705. The van der Waals surface area contributed by atoms with Gasteiger partial charge in [-0.1, -0.05) is 0 Å². The Morgan fingerprint density at radius 1 is 1.50 bits per heavy atom. The van der Waals surface area contributed by atoms with Gasteiger partial charge < -0.3 is 10.7 Å². The Morgan fingerprint density at radius 2 is 2.25 bits per heavy atom. The Morgan fingerprint density at radius 3 is 2.75 bits per heavy atom. The second-order valence-electron chi connectivity index (χ2n) is 2.51. The summed E-state index contributed by atoms with van der Waals surface area (Å²) in [5.74, 6) is 0.126. The molecule has 0 aliphatic carbocycles. The minimum absolute atomic E-state index is 0.126. The molecule has 1 rings (SSSR count). The summed E-state index contributed by atoms with van der Waals surface area (Å²) < 4.78 is 22.8. The topological polar surface area (TPSA) is 76.0 Å². The number of aromatic amines is 1. The van der Waals surface area contributed by atoms with Crippen molar-refractivity contribution in [1.82, 2.24) is 4.98 Å². The van der Waals surface area contributed by atoms with Crippen LogP contribution in [0.4, 0.5) is 0 Å². The molecule has 0 aliphatic heterocycles. The molecule has 0 saturated heterocycles. The standard InChI is InChI=1S/C7H12N2O2S/c8-3-1-5-12(10,11)7-2-4-9-6-7/h2,4,6,9H,1,3,5,8H2. The fourth-order valence-electron chi connectivity index (χ4n) is 0.893. The van der Waals surface area contributed by atoms with E-state index in [0.717, 1.165) is 0 Å². The molecular weight excluding hydrogens is 176 g/mol. The van der Waals surface area contributed by atoms with Gasteiger partial charge in [-0.25, -0.2) is 8.42 Å². The van der Waals surface area contributed by atoms with Crippen LogP contribution in [-0.2, 0) is 9.84 Å². The Hall–Kier alpha value is -0.810. The predicted molar refractivity (Wildman–Crippen MR) is 46.5 cm³/mol. The molecule has 0 amide bonds. The summed E-state index contributed by atoms with van der Waals surface area (Å²) in [6.45, 7) is 0.406. The maximum Gasteiger partial charge on any atom is 0.179 e. The Bertz CT molecular complexity index is 315. The molecule has 0 atom stereocenters. The Balaban J connectivity index is 2.74. The first-order valence-corrected chi connectivity index (χ1v) is 5.37. The molecule has 0 unspecified atom stereocenters. The first-order chi connectivity index (χ1) is 5.67. The van der Waals surface area contributed by atoms with Crippen molar-refractivity contribution in [3.63, 3.8) is 0 Å². The average molecular weight is 188 g/mol. The lowest BCUT2D eigenvalue weighted by atomic mass is 10.5. The van der Waals surface area contributed by atoms with Crippen LogP contribution in [0.2, 0.25) is 0 Å². The monoisotopic (exact) mass is 188 g/mol. The molecular formula is C7H12N2O2S. The van der Waals surface area contributed by atoms with E-state index in [1.54, 1.807) is 12.3 Å². The lowest BCUT2D eigenvalue weighted by Crippen LogP contribution is -2.10. The van der Waals surface area contributed by atoms with Gasteiger partial charge in [0.15, 0.2) is 9.84 Å². The van der Waals surface area contributed by atoms with Gasteiger partial charge in [-0.15, -0.1) is 0 Å². The van der Waals surface area contributed by atoms with Crippen LogP contribution in [0.5, 0.6) is 0 Å². The third kappa shape index (κ3) is 2.09. The molecule has 4 nitrogen and oxygen atoms in total. The van der Waals surface area contributed by atoms with E-state index in [-0.39, 0.29) is 5.75 Å². The third-order valence-electron chi connectivity index (χ3n) is 1.55. The molecule has 3 N–H and O–H groups in total. The van der Waals surface area contributed by atoms with E-state index < -0.39 is 9.84 Å². The highest BCUT2D eigenvalue weighted by Gasteiger charge is 2.12. The van der Waals surface area contributed by atoms with E-state index in [1.165, 1.54) is 6.20 Å². The molecule has 1 aromatic heterocycles. The van der Waals surface area contributed by atoms with Crippen molar-refractivity contribution < 1.29 is 8.42 Å². The second-order valence-corrected chi connectivity index (χ2v) is 4.62. The van der Waals surface area contributed by atoms with Crippen molar-refractivity contribution in [2.75, 3.05) is 12.3 Å². The van der Waals surface area contributed by atoms with Crippen molar-refractivity contribution in [1.29, 1.82) is 0 Å². The number of rotatable bonds is 4. The number of aromatic nitrogens is 1. The summed E-state index contributed by atoms with van der Waals surface area (Å²) in [6, 6.07) is 1.55. The van der Waals surface area contributed by atoms with Gasteiger partial charge >= 0.3 is 0 Å². The molecule has 0 radical (unpaired) electrons. The van der Waals surface area contributed by atoms with Crippen LogP contribution in [0, 0.1) is 0 Å². The maximum atomic E-state index is 11.4. The van der Waals surface area contributed by atoms with Crippen LogP contribution < -0.4 is 5.73 Å². The number of nitrogens with two attached hydrogens (primary N) is 1. The molecule has 0 aromatic carbocycles. The molecule has 12 heavy (non-hydrogen) atoms. The van der Waals surface area contributed by atoms with Gasteiger partial charge in [0.05, 0.1) is 10.6 Å². The lowest BCUT2D eigenvalue weighted by molar-refractivity contribution is 0.594. The van der Waals surface area contributed by atoms with E-state index in [2.05, 4.69) is 4.98 Å². The normalized spacial score (nSPS) is 11.8.